The minimum atomic E-state index is 0.826. The van der Waals surface area contributed by atoms with Gasteiger partial charge >= 0.3 is 0 Å². The highest BCUT2D eigenvalue weighted by atomic mass is 16.3. The van der Waals surface area contributed by atoms with Crippen LogP contribution in [0.1, 0.15) is 17.7 Å². The lowest BCUT2D eigenvalue weighted by atomic mass is 10.0. The van der Waals surface area contributed by atoms with Crippen molar-refractivity contribution in [2.45, 2.75) is 12.8 Å². The van der Waals surface area contributed by atoms with E-state index in [1.165, 1.54) is 22.2 Å². The van der Waals surface area contributed by atoms with Crippen LogP contribution in [0.2, 0.25) is 0 Å². The molecule has 0 bridgehead atoms. The zero-order chi connectivity index (χ0) is 25.8. The van der Waals surface area contributed by atoms with Crippen molar-refractivity contribution < 1.29 is 4.42 Å². The lowest BCUT2D eigenvalue weighted by Crippen LogP contribution is -2.10. The maximum atomic E-state index is 6.58. The number of hydrogen-bond acceptors (Lipinski definition) is 3. The number of pyridine rings is 1. The van der Waals surface area contributed by atoms with Crippen molar-refractivity contribution in [2.24, 2.45) is 0 Å². The van der Waals surface area contributed by atoms with Crippen molar-refractivity contribution in [2.75, 3.05) is 4.90 Å². The van der Waals surface area contributed by atoms with E-state index in [1.54, 1.807) is 0 Å². The van der Waals surface area contributed by atoms with E-state index in [1.807, 2.05) is 24.5 Å². The van der Waals surface area contributed by atoms with Crippen molar-refractivity contribution in [1.29, 1.82) is 0 Å². The Labute approximate surface area is 226 Å². The molecular formula is C35H25N3O. The summed E-state index contributed by atoms with van der Waals surface area (Å²) in [6.07, 6.45) is 10.5. The molecule has 0 radical (unpaired) electrons. The molecule has 7 aromatic rings. The summed E-state index contributed by atoms with van der Waals surface area (Å²) in [6.45, 7) is 0. The quantitative estimate of drug-likeness (QED) is 0.240. The molecule has 4 heteroatoms. The normalized spacial score (nSPS) is 12.8. The van der Waals surface area contributed by atoms with Crippen LogP contribution in [-0.2, 0) is 6.42 Å². The van der Waals surface area contributed by atoms with Gasteiger partial charge in [-0.15, -0.1) is 0 Å². The molecule has 1 aliphatic carbocycles. The summed E-state index contributed by atoms with van der Waals surface area (Å²) in [4.78, 5) is 6.91. The number of aromatic nitrogens is 2. The number of anilines is 3. The fourth-order valence-electron chi connectivity index (χ4n) is 6.01. The van der Waals surface area contributed by atoms with E-state index >= 15 is 0 Å². The Hall–Kier alpha value is -5.09. The summed E-state index contributed by atoms with van der Waals surface area (Å²) in [5.74, 6) is 0. The first kappa shape index (κ1) is 21.9. The molecule has 39 heavy (non-hydrogen) atoms. The summed E-state index contributed by atoms with van der Waals surface area (Å²) < 4.78 is 9.00. The van der Waals surface area contributed by atoms with Crippen LogP contribution >= 0.6 is 0 Å². The first-order chi connectivity index (χ1) is 19.4. The van der Waals surface area contributed by atoms with E-state index in [-0.39, 0.29) is 0 Å². The van der Waals surface area contributed by atoms with Crippen LogP contribution < -0.4 is 4.90 Å². The molecule has 0 saturated heterocycles. The Kier molecular flexibility index (Phi) is 4.92. The smallest absolute Gasteiger partial charge is 0.162 e. The molecule has 1 aliphatic rings. The number of hydrogen-bond donors (Lipinski definition) is 0. The van der Waals surface area contributed by atoms with E-state index < -0.39 is 0 Å². The molecule has 8 rings (SSSR count). The molecule has 0 amide bonds. The van der Waals surface area contributed by atoms with E-state index in [0.717, 1.165) is 57.5 Å². The summed E-state index contributed by atoms with van der Waals surface area (Å²) in [6, 6.07) is 36.0. The van der Waals surface area contributed by atoms with Crippen molar-refractivity contribution in [3.05, 3.63) is 133 Å². The van der Waals surface area contributed by atoms with Gasteiger partial charge in [0.2, 0.25) is 0 Å². The molecule has 0 aliphatic heterocycles. The molecule has 0 atom stereocenters. The van der Waals surface area contributed by atoms with Gasteiger partial charge in [-0.25, -0.2) is 0 Å². The molecule has 4 nitrogen and oxygen atoms in total. The second kappa shape index (κ2) is 8.74. The lowest BCUT2D eigenvalue weighted by Gasteiger charge is -2.24. The van der Waals surface area contributed by atoms with E-state index in [4.69, 9.17) is 9.40 Å². The third kappa shape index (κ3) is 3.42. The van der Waals surface area contributed by atoms with Crippen molar-refractivity contribution in [1.82, 2.24) is 9.55 Å². The number of para-hydroxylation sites is 3. The van der Waals surface area contributed by atoms with Gasteiger partial charge in [0, 0.05) is 50.7 Å². The van der Waals surface area contributed by atoms with Crippen LogP contribution in [-0.4, -0.2) is 9.55 Å². The fraction of sp³-hybridized carbons (Fsp3) is 0.0571. The third-order valence-electron chi connectivity index (χ3n) is 7.72. The topological polar surface area (TPSA) is 34.2 Å². The fourth-order valence-corrected chi connectivity index (χ4v) is 6.01. The van der Waals surface area contributed by atoms with Gasteiger partial charge in [0.15, 0.2) is 5.58 Å². The average Bonchev–Trinajstić information content (AvgIpc) is 3.54. The van der Waals surface area contributed by atoms with Crippen molar-refractivity contribution >= 4 is 56.0 Å². The van der Waals surface area contributed by atoms with E-state index in [0.29, 0.717) is 0 Å². The van der Waals surface area contributed by atoms with Crippen LogP contribution in [0.5, 0.6) is 0 Å². The highest BCUT2D eigenvalue weighted by Gasteiger charge is 2.22. The van der Waals surface area contributed by atoms with Crippen LogP contribution in [0.15, 0.2) is 126 Å². The van der Waals surface area contributed by atoms with Crippen LogP contribution in [0.25, 0.3) is 44.6 Å². The minimum absolute atomic E-state index is 0.826. The van der Waals surface area contributed by atoms with Gasteiger partial charge in [0.25, 0.3) is 0 Å². The Balaban J connectivity index is 1.36. The summed E-state index contributed by atoms with van der Waals surface area (Å²) in [5, 5.41) is 3.37. The molecule has 0 spiro atoms. The summed E-state index contributed by atoms with van der Waals surface area (Å²) >= 11 is 0. The van der Waals surface area contributed by atoms with E-state index in [2.05, 4.69) is 113 Å². The second-order valence-corrected chi connectivity index (χ2v) is 9.98. The van der Waals surface area contributed by atoms with Crippen LogP contribution in [0.3, 0.4) is 0 Å². The van der Waals surface area contributed by atoms with E-state index in [9.17, 15) is 0 Å². The van der Waals surface area contributed by atoms with Crippen LogP contribution in [0.4, 0.5) is 17.1 Å². The Bertz CT molecular complexity index is 1980. The molecule has 3 heterocycles. The maximum Gasteiger partial charge on any atom is 0.162 e. The number of rotatable bonds is 4. The zero-order valence-electron chi connectivity index (χ0n) is 21.3. The molecule has 186 valence electrons. The first-order valence-corrected chi connectivity index (χ1v) is 13.4. The predicted molar refractivity (Wildman–Crippen MR) is 160 cm³/mol. The van der Waals surface area contributed by atoms with Crippen LogP contribution in [0, 0.1) is 0 Å². The van der Waals surface area contributed by atoms with Gasteiger partial charge in [-0.05, 0) is 61.4 Å². The SMILES string of the molecule is C1=Cc2c(n(-c3ccc4oc5c(N(c6ccccc6)c6ccccc6)cncc5c4c3)c3ccccc23)CC1. The largest absolute Gasteiger partial charge is 0.454 e. The molecule has 0 fully saturated rings. The summed E-state index contributed by atoms with van der Waals surface area (Å²) in [5.41, 5.74) is 9.78. The van der Waals surface area contributed by atoms with Gasteiger partial charge in [-0.2, -0.15) is 0 Å². The standard InChI is InChI=1S/C35H25N3O/c1-3-11-24(12-4-1)37(25-13-5-2-6-14-25)33-23-36-22-30-29-21-26(19-20-34(29)39-35(30)33)38-31-17-9-7-15-27(31)28-16-8-10-18-32(28)38/h1-9,11-17,19-23H,10,18H2. The monoisotopic (exact) mass is 503 g/mol. The molecule has 3 aromatic heterocycles. The highest BCUT2D eigenvalue weighted by Crippen LogP contribution is 2.42. The Morgan fingerprint density at radius 1 is 0.718 bits per heavy atom. The lowest BCUT2D eigenvalue weighted by molar-refractivity contribution is 0.668. The molecule has 0 unspecified atom stereocenters. The van der Waals surface area contributed by atoms with Gasteiger partial charge in [0.05, 0.1) is 11.7 Å². The predicted octanol–water partition coefficient (Wildman–Crippen LogP) is 9.35. The van der Waals surface area contributed by atoms with Gasteiger partial charge in [0.1, 0.15) is 11.3 Å². The minimum Gasteiger partial charge on any atom is -0.454 e. The first-order valence-electron chi connectivity index (χ1n) is 13.4. The summed E-state index contributed by atoms with van der Waals surface area (Å²) in [7, 11) is 0. The highest BCUT2D eigenvalue weighted by molar-refractivity contribution is 6.10. The maximum absolute atomic E-state index is 6.58. The number of benzene rings is 4. The number of nitrogens with zero attached hydrogens (tertiary/aromatic N) is 3. The zero-order valence-corrected chi connectivity index (χ0v) is 21.3. The third-order valence-corrected chi connectivity index (χ3v) is 7.72. The number of allylic oxidation sites excluding steroid dienone is 1. The van der Waals surface area contributed by atoms with Gasteiger partial charge in [-0.1, -0.05) is 66.7 Å². The number of fused-ring (bicyclic) bond motifs is 6. The average molecular weight is 504 g/mol. The molecule has 0 saturated carbocycles. The molecular weight excluding hydrogens is 478 g/mol. The Morgan fingerprint density at radius 3 is 2.26 bits per heavy atom. The van der Waals surface area contributed by atoms with Gasteiger partial charge in [-0.3, -0.25) is 4.98 Å². The van der Waals surface area contributed by atoms with Gasteiger partial charge < -0.3 is 13.9 Å². The van der Waals surface area contributed by atoms with Crippen molar-refractivity contribution in [3.63, 3.8) is 0 Å². The number of furan rings is 1. The second-order valence-electron chi connectivity index (χ2n) is 9.98. The molecule has 0 N–H and O–H groups in total. The Morgan fingerprint density at radius 2 is 1.46 bits per heavy atom. The van der Waals surface area contributed by atoms with Crippen molar-refractivity contribution in [3.8, 4) is 5.69 Å². The molecule has 4 aromatic carbocycles.